The largest absolute Gasteiger partial charge is 0.485 e. The van der Waals surface area contributed by atoms with Gasteiger partial charge in [-0.25, -0.2) is 14.2 Å². The van der Waals surface area contributed by atoms with Crippen molar-refractivity contribution in [3.05, 3.63) is 70.0 Å². The van der Waals surface area contributed by atoms with Crippen LogP contribution in [0.1, 0.15) is 38.9 Å². The average Bonchev–Trinajstić information content (AvgIpc) is 3.22. The number of halogens is 1. The third-order valence-electron chi connectivity index (χ3n) is 4.80. The molecule has 1 amide bonds. The standard InChI is InChI=1S/C22H19FN2O5S/c1-12-2-4-14(23)9-16(12)18-6-3-13-8-15(5-7-17(13)30-18)29-22-25-10-19(31-22)21(27)28-11-20(24)26/h2,4-5,7-10,18H,3,6,11H2,1H3,(H2,24,26). The van der Waals surface area contributed by atoms with Gasteiger partial charge in [-0.2, -0.15) is 0 Å². The van der Waals surface area contributed by atoms with Gasteiger partial charge in [0.1, 0.15) is 28.3 Å². The number of esters is 1. The molecule has 160 valence electrons. The van der Waals surface area contributed by atoms with Gasteiger partial charge in [0.15, 0.2) is 6.61 Å². The van der Waals surface area contributed by atoms with Crippen LogP contribution in [-0.4, -0.2) is 23.5 Å². The first kappa shape index (κ1) is 20.8. The zero-order chi connectivity index (χ0) is 22.0. The second kappa shape index (κ2) is 8.73. The Morgan fingerprint density at radius 2 is 2.13 bits per heavy atom. The van der Waals surface area contributed by atoms with Gasteiger partial charge in [-0.05, 0) is 66.8 Å². The first-order chi connectivity index (χ1) is 14.9. The summed E-state index contributed by atoms with van der Waals surface area (Å²) in [5.41, 5.74) is 7.77. The van der Waals surface area contributed by atoms with E-state index in [1.54, 1.807) is 18.2 Å². The summed E-state index contributed by atoms with van der Waals surface area (Å²) in [5, 5.41) is 0.260. The smallest absolute Gasteiger partial charge is 0.350 e. The number of fused-ring (bicyclic) bond motifs is 1. The molecule has 31 heavy (non-hydrogen) atoms. The van der Waals surface area contributed by atoms with Crippen LogP contribution in [0.5, 0.6) is 16.7 Å². The highest BCUT2D eigenvalue weighted by Crippen LogP contribution is 2.39. The summed E-state index contributed by atoms with van der Waals surface area (Å²) in [4.78, 5) is 26.8. The van der Waals surface area contributed by atoms with Crippen LogP contribution >= 0.6 is 11.3 Å². The van der Waals surface area contributed by atoms with Crippen LogP contribution in [0.2, 0.25) is 0 Å². The molecule has 0 bridgehead atoms. The molecule has 0 saturated carbocycles. The van der Waals surface area contributed by atoms with Crippen molar-refractivity contribution < 1.29 is 28.2 Å². The van der Waals surface area contributed by atoms with Crippen molar-refractivity contribution in [2.75, 3.05) is 6.61 Å². The molecular weight excluding hydrogens is 423 g/mol. The Morgan fingerprint density at radius 1 is 1.29 bits per heavy atom. The topological polar surface area (TPSA) is 101 Å². The van der Waals surface area contributed by atoms with Gasteiger partial charge in [0.25, 0.3) is 11.1 Å². The Bertz CT molecular complexity index is 1150. The fourth-order valence-electron chi connectivity index (χ4n) is 3.31. The highest BCUT2D eigenvalue weighted by molar-refractivity contribution is 7.15. The summed E-state index contributed by atoms with van der Waals surface area (Å²) in [6, 6.07) is 10.1. The number of aromatic nitrogens is 1. The van der Waals surface area contributed by atoms with Crippen molar-refractivity contribution in [2.45, 2.75) is 25.9 Å². The number of carbonyl (C=O) groups excluding carboxylic acids is 2. The number of nitrogens with two attached hydrogens (primary N) is 1. The monoisotopic (exact) mass is 442 g/mol. The molecule has 3 aromatic rings. The van der Waals surface area contributed by atoms with Crippen LogP contribution in [-0.2, 0) is 16.0 Å². The molecule has 1 unspecified atom stereocenters. The number of thiazole rings is 1. The maximum atomic E-state index is 13.7. The molecule has 2 heterocycles. The van der Waals surface area contributed by atoms with Crippen molar-refractivity contribution in [1.82, 2.24) is 4.98 Å². The number of hydrogen-bond donors (Lipinski definition) is 1. The molecular formula is C22H19FN2O5S. The lowest BCUT2D eigenvalue weighted by molar-refractivity contribution is -0.121. The van der Waals surface area contributed by atoms with Crippen LogP contribution in [0, 0.1) is 12.7 Å². The van der Waals surface area contributed by atoms with E-state index in [1.807, 2.05) is 13.0 Å². The van der Waals surface area contributed by atoms with Gasteiger partial charge < -0.3 is 19.9 Å². The molecule has 0 saturated heterocycles. The number of carbonyl (C=O) groups is 2. The molecule has 9 heteroatoms. The van der Waals surface area contributed by atoms with Gasteiger partial charge in [0, 0.05) is 0 Å². The van der Waals surface area contributed by atoms with Gasteiger partial charge in [-0.3, -0.25) is 4.79 Å². The van der Waals surface area contributed by atoms with Crippen molar-refractivity contribution in [1.29, 1.82) is 0 Å². The van der Waals surface area contributed by atoms with Crippen LogP contribution in [0.3, 0.4) is 0 Å². The molecule has 4 rings (SSSR count). The van der Waals surface area contributed by atoms with E-state index in [4.69, 9.17) is 19.9 Å². The zero-order valence-electron chi connectivity index (χ0n) is 16.6. The maximum Gasteiger partial charge on any atom is 0.350 e. The third kappa shape index (κ3) is 4.83. The van der Waals surface area contributed by atoms with Crippen LogP contribution in [0.4, 0.5) is 4.39 Å². The lowest BCUT2D eigenvalue weighted by Crippen LogP contribution is -2.20. The van der Waals surface area contributed by atoms with Gasteiger partial charge in [0.2, 0.25) is 0 Å². The van der Waals surface area contributed by atoms with E-state index in [0.717, 1.165) is 40.2 Å². The van der Waals surface area contributed by atoms with E-state index >= 15 is 0 Å². The Morgan fingerprint density at radius 3 is 2.94 bits per heavy atom. The highest BCUT2D eigenvalue weighted by atomic mass is 32.1. The van der Waals surface area contributed by atoms with Gasteiger partial charge in [0.05, 0.1) is 6.20 Å². The quantitative estimate of drug-likeness (QED) is 0.577. The first-order valence-electron chi connectivity index (χ1n) is 9.54. The van der Waals surface area contributed by atoms with E-state index in [1.165, 1.54) is 18.3 Å². The van der Waals surface area contributed by atoms with E-state index in [0.29, 0.717) is 12.2 Å². The van der Waals surface area contributed by atoms with E-state index in [9.17, 15) is 14.0 Å². The highest BCUT2D eigenvalue weighted by Gasteiger charge is 2.24. The number of rotatable bonds is 6. The second-order valence-electron chi connectivity index (χ2n) is 7.05. The maximum absolute atomic E-state index is 13.7. The van der Waals surface area contributed by atoms with Crippen LogP contribution in [0.25, 0.3) is 0 Å². The Kier molecular flexibility index (Phi) is 5.85. The normalized spacial score (nSPS) is 15.0. The number of primary amides is 1. The molecule has 1 atom stereocenters. The number of amides is 1. The molecule has 1 aliphatic heterocycles. The van der Waals surface area contributed by atoms with Gasteiger partial charge >= 0.3 is 5.97 Å². The molecule has 2 aromatic carbocycles. The first-order valence-corrected chi connectivity index (χ1v) is 10.4. The second-order valence-corrected chi connectivity index (χ2v) is 8.04. The minimum absolute atomic E-state index is 0.200. The average molecular weight is 442 g/mol. The Hall–Kier alpha value is -3.46. The molecule has 0 spiro atoms. The molecule has 0 fully saturated rings. The minimum atomic E-state index is -0.736. The molecule has 7 nitrogen and oxygen atoms in total. The molecule has 0 aliphatic carbocycles. The van der Waals surface area contributed by atoms with Crippen molar-refractivity contribution in [2.24, 2.45) is 5.73 Å². The van der Waals surface area contributed by atoms with Crippen molar-refractivity contribution in [3.63, 3.8) is 0 Å². The van der Waals surface area contributed by atoms with Crippen LogP contribution in [0.15, 0.2) is 42.6 Å². The molecule has 2 N–H and O–H groups in total. The summed E-state index contributed by atoms with van der Waals surface area (Å²) in [7, 11) is 0. The summed E-state index contributed by atoms with van der Waals surface area (Å²) < 4.78 is 30.3. The van der Waals surface area contributed by atoms with Crippen molar-refractivity contribution >= 4 is 23.2 Å². The summed E-state index contributed by atoms with van der Waals surface area (Å²) in [6.45, 7) is 1.45. The van der Waals surface area contributed by atoms with Crippen LogP contribution < -0.4 is 15.2 Å². The predicted molar refractivity (Wildman–Crippen MR) is 111 cm³/mol. The van der Waals surface area contributed by atoms with Crippen molar-refractivity contribution in [3.8, 4) is 16.7 Å². The molecule has 1 aliphatic rings. The lowest BCUT2D eigenvalue weighted by Gasteiger charge is -2.27. The molecule has 0 radical (unpaired) electrons. The number of ether oxygens (including phenoxy) is 3. The molecule has 1 aromatic heterocycles. The zero-order valence-corrected chi connectivity index (χ0v) is 17.4. The predicted octanol–water partition coefficient (Wildman–Crippen LogP) is 4.09. The van der Waals surface area contributed by atoms with Gasteiger partial charge in [-0.15, -0.1) is 0 Å². The SMILES string of the molecule is Cc1ccc(F)cc1C1CCc2cc(Oc3ncc(C(=O)OCC(N)=O)s3)ccc2O1. The number of aryl methyl sites for hydroxylation is 2. The van der Waals surface area contributed by atoms with E-state index in [2.05, 4.69) is 4.98 Å². The number of benzene rings is 2. The number of hydrogen-bond acceptors (Lipinski definition) is 7. The summed E-state index contributed by atoms with van der Waals surface area (Å²) in [6.07, 6.45) is 2.57. The van der Waals surface area contributed by atoms with E-state index < -0.39 is 18.5 Å². The Balaban J connectivity index is 1.44. The summed E-state index contributed by atoms with van der Waals surface area (Å²) >= 11 is 0.999. The summed E-state index contributed by atoms with van der Waals surface area (Å²) in [5.74, 6) is -0.430. The fourth-order valence-corrected chi connectivity index (χ4v) is 3.99. The Labute approximate surface area is 181 Å². The van der Waals surface area contributed by atoms with Gasteiger partial charge in [-0.1, -0.05) is 17.4 Å². The fraction of sp³-hybridized carbons (Fsp3) is 0.227. The lowest BCUT2D eigenvalue weighted by atomic mass is 9.94. The minimum Gasteiger partial charge on any atom is -0.485 e. The van der Waals surface area contributed by atoms with E-state index in [-0.39, 0.29) is 22.0 Å². The third-order valence-corrected chi connectivity index (χ3v) is 5.66. The number of nitrogens with zero attached hydrogens (tertiary/aromatic N) is 1.